The first-order valence-electron chi connectivity index (χ1n) is 6.65. The van der Waals surface area contributed by atoms with Crippen molar-refractivity contribution in [2.45, 2.75) is 20.3 Å². The molecule has 1 N–H and O–H groups in total. The zero-order valence-corrected chi connectivity index (χ0v) is 11.6. The van der Waals surface area contributed by atoms with Crippen molar-refractivity contribution >= 4 is 11.7 Å². The summed E-state index contributed by atoms with van der Waals surface area (Å²) in [6.45, 7) is 6.74. The molecule has 1 aliphatic heterocycles. The zero-order valence-electron chi connectivity index (χ0n) is 11.6. The van der Waals surface area contributed by atoms with Gasteiger partial charge in [-0.2, -0.15) is 0 Å². The molecule has 1 aromatic rings. The highest BCUT2D eigenvalue weighted by atomic mass is 16.5. The van der Waals surface area contributed by atoms with Crippen molar-refractivity contribution in [3.05, 3.63) is 29.8 Å². The Labute approximate surface area is 114 Å². The maximum atomic E-state index is 11.3. The van der Waals surface area contributed by atoms with Crippen molar-refractivity contribution in [3.63, 3.8) is 0 Å². The molecule has 0 amide bonds. The molecule has 2 rings (SSSR count). The first-order chi connectivity index (χ1) is 9.00. The molecule has 1 aromatic carbocycles. The highest BCUT2D eigenvalue weighted by Crippen LogP contribution is 2.29. The molecule has 1 saturated heterocycles. The predicted molar refractivity (Wildman–Crippen MR) is 74.6 cm³/mol. The standard InChI is InChI=1S/C15H21NO3/c1-15(2,14(17)18)11-12-5-3-4-6-13(12)16-7-9-19-10-8-16/h3-6H,7-11H2,1-2H3,(H,17,18). The number of ether oxygens (including phenoxy) is 1. The highest BCUT2D eigenvalue weighted by Gasteiger charge is 2.29. The van der Waals surface area contributed by atoms with Crippen LogP contribution in [0.25, 0.3) is 0 Å². The second-order valence-electron chi connectivity index (χ2n) is 5.59. The number of nitrogens with zero attached hydrogens (tertiary/aromatic N) is 1. The van der Waals surface area contributed by atoms with Gasteiger partial charge >= 0.3 is 5.97 Å². The van der Waals surface area contributed by atoms with E-state index in [1.165, 1.54) is 0 Å². The number of para-hydroxylation sites is 1. The largest absolute Gasteiger partial charge is 0.481 e. The van der Waals surface area contributed by atoms with Crippen LogP contribution < -0.4 is 4.90 Å². The van der Waals surface area contributed by atoms with Crippen LogP contribution >= 0.6 is 0 Å². The van der Waals surface area contributed by atoms with Gasteiger partial charge < -0.3 is 14.7 Å². The molecule has 0 radical (unpaired) electrons. The molecule has 104 valence electrons. The van der Waals surface area contributed by atoms with Crippen LogP contribution in [0.4, 0.5) is 5.69 Å². The quantitative estimate of drug-likeness (QED) is 0.904. The second kappa shape index (κ2) is 5.61. The number of hydrogen-bond acceptors (Lipinski definition) is 3. The number of morpholine rings is 1. The fourth-order valence-electron chi connectivity index (χ4n) is 2.32. The van der Waals surface area contributed by atoms with Crippen LogP contribution in [0.15, 0.2) is 24.3 Å². The van der Waals surface area contributed by atoms with Crippen molar-refractivity contribution in [3.8, 4) is 0 Å². The third-order valence-corrected chi connectivity index (χ3v) is 3.55. The first-order valence-corrected chi connectivity index (χ1v) is 6.65. The van der Waals surface area contributed by atoms with E-state index < -0.39 is 11.4 Å². The number of hydrogen-bond donors (Lipinski definition) is 1. The van der Waals surface area contributed by atoms with E-state index in [0.29, 0.717) is 6.42 Å². The van der Waals surface area contributed by atoms with Gasteiger partial charge in [0.15, 0.2) is 0 Å². The van der Waals surface area contributed by atoms with Gasteiger partial charge in [-0.05, 0) is 31.9 Å². The molecular formula is C15H21NO3. The normalized spacial score (nSPS) is 16.4. The van der Waals surface area contributed by atoms with Gasteiger partial charge in [-0.1, -0.05) is 18.2 Å². The van der Waals surface area contributed by atoms with Crippen molar-refractivity contribution in [1.82, 2.24) is 0 Å². The molecule has 1 fully saturated rings. The zero-order chi connectivity index (χ0) is 13.9. The summed E-state index contributed by atoms with van der Waals surface area (Å²) in [6.07, 6.45) is 0.538. The van der Waals surface area contributed by atoms with Crippen LogP contribution in [-0.2, 0) is 16.0 Å². The summed E-state index contributed by atoms with van der Waals surface area (Å²) in [5.74, 6) is -0.760. The smallest absolute Gasteiger partial charge is 0.309 e. The maximum Gasteiger partial charge on any atom is 0.309 e. The number of carbonyl (C=O) groups is 1. The Kier molecular flexibility index (Phi) is 4.10. The highest BCUT2D eigenvalue weighted by molar-refractivity contribution is 5.74. The summed E-state index contributed by atoms with van der Waals surface area (Å²) in [6, 6.07) is 8.06. The minimum atomic E-state index is -0.760. The Hall–Kier alpha value is -1.55. The van der Waals surface area contributed by atoms with Gasteiger partial charge in [0.2, 0.25) is 0 Å². The lowest BCUT2D eigenvalue weighted by Gasteiger charge is -2.32. The molecule has 0 unspecified atom stereocenters. The van der Waals surface area contributed by atoms with Crippen molar-refractivity contribution < 1.29 is 14.6 Å². The van der Waals surface area contributed by atoms with Crippen molar-refractivity contribution in [2.75, 3.05) is 31.2 Å². The molecule has 19 heavy (non-hydrogen) atoms. The van der Waals surface area contributed by atoms with Crippen LogP contribution in [0, 0.1) is 5.41 Å². The predicted octanol–water partition coefficient (Wildman–Crippen LogP) is 2.18. The number of rotatable bonds is 4. The number of carboxylic acid groups (broad SMARTS) is 1. The fraction of sp³-hybridized carbons (Fsp3) is 0.533. The lowest BCUT2D eigenvalue weighted by atomic mass is 9.85. The fourth-order valence-corrected chi connectivity index (χ4v) is 2.32. The topological polar surface area (TPSA) is 49.8 Å². The summed E-state index contributed by atoms with van der Waals surface area (Å²) < 4.78 is 5.36. The average Bonchev–Trinajstić information content (AvgIpc) is 2.40. The van der Waals surface area contributed by atoms with Gasteiger partial charge in [0.05, 0.1) is 18.6 Å². The van der Waals surface area contributed by atoms with Crippen LogP contribution in [0.1, 0.15) is 19.4 Å². The number of carboxylic acids is 1. The Morgan fingerprint density at radius 3 is 2.58 bits per heavy atom. The minimum absolute atomic E-state index is 0.538. The lowest BCUT2D eigenvalue weighted by molar-refractivity contribution is -0.146. The Morgan fingerprint density at radius 1 is 1.32 bits per heavy atom. The molecule has 0 aromatic heterocycles. The van der Waals surface area contributed by atoms with E-state index in [1.54, 1.807) is 13.8 Å². The first kappa shape index (κ1) is 13.9. The minimum Gasteiger partial charge on any atom is -0.481 e. The van der Waals surface area contributed by atoms with Gasteiger partial charge in [0.25, 0.3) is 0 Å². The van der Waals surface area contributed by atoms with E-state index in [2.05, 4.69) is 11.0 Å². The van der Waals surface area contributed by atoms with E-state index >= 15 is 0 Å². The lowest BCUT2D eigenvalue weighted by Crippen LogP contribution is -2.37. The molecule has 4 nitrogen and oxygen atoms in total. The second-order valence-corrected chi connectivity index (χ2v) is 5.59. The maximum absolute atomic E-state index is 11.3. The number of anilines is 1. The van der Waals surface area contributed by atoms with Gasteiger partial charge in [-0.3, -0.25) is 4.79 Å². The van der Waals surface area contributed by atoms with Gasteiger partial charge in [-0.15, -0.1) is 0 Å². The van der Waals surface area contributed by atoms with Crippen molar-refractivity contribution in [2.24, 2.45) is 5.41 Å². The van der Waals surface area contributed by atoms with Gasteiger partial charge in [0, 0.05) is 18.8 Å². The van der Waals surface area contributed by atoms with Crippen LogP contribution in [0.5, 0.6) is 0 Å². The van der Waals surface area contributed by atoms with Crippen molar-refractivity contribution in [1.29, 1.82) is 0 Å². The molecule has 4 heteroatoms. The number of aliphatic carboxylic acids is 1. The molecule has 0 saturated carbocycles. The van der Waals surface area contributed by atoms with E-state index in [-0.39, 0.29) is 0 Å². The summed E-state index contributed by atoms with van der Waals surface area (Å²) in [7, 11) is 0. The molecule has 1 heterocycles. The van der Waals surface area contributed by atoms with E-state index in [1.807, 2.05) is 18.2 Å². The van der Waals surface area contributed by atoms with E-state index in [0.717, 1.165) is 37.6 Å². The monoisotopic (exact) mass is 263 g/mol. The summed E-state index contributed by atoms with van der Waals surface area (Å²) in [4.78, 5) is 13.6. The molecule has 0 bridgehead atoms. The number of benzene rings is 1. The van der Waals surface area contributed by atoms with E-state index in [4.69, 9.17) is 4.74 Å². The molecule has 0 aliphatic carbocycles. The third kappa shape index (κ3) is 3.26. The van der Waals surface area contributed by atoms with Gasteiger partial charge in [-0.25, -0.2) is 0 Å². The molecule has 1 aliphatic rings. The Morgan fingerprint density at radius 2 is 1.95 bits per heavy atom. The Balaban J connectivity index is 2.23. The van der Waals surface area contributed by atoms with Crippen LogP contribution in [-0.4, -0.2) is 37.4 Å². The molecule has 0 atom stereocenters. The summed E-state index contributed by atoms with van der Waals surface area (Å²) in [5.41, 5.74) is 1.49. The third-order valence-electron chi connectivity index (χ3n) is 3.55. The molecule has 0 spiro atoms. The molecular weight excluding hydrogens is 242 g/mol. The summed E-state index contributed by atoms with van der Waals surface area (Å²) in [5, 5.41) is 9.27. The van der Waals surface area contributed by atoms with Crippen LogP contribution in [0.2, 0.25) is 0 Å². The Bertz CT molecular complexity index is 450. The average molecular weight is 263 g/mol. The SMILES string of the molecule is CC(C)(Cc1ccccc1N1CCOCC1)C(=O)O. The van der Waals surface area contributed by atoms with E-state index in [9.17, 15) is 9.90 Å². The summed E-state index contributed by atoms with van der Waals surface area (Å²) >= 11 is 0. The van der Waals surface area contributed by atoms with Gasteiger partial charge in [0.1, 0.15) is 0 Å². The van der Waals surface area contributed by atoms with Crippen LogP contribution in [0.3, 0.4) is 0 Å².